The molecule has 1 aliphatic rings. The normalized spacial score (nSPS) is 25.8. The second kappa shape index (κ2) is 5.33. The third-order valence-electron chi connectivity index (χ3n) is 3.10. The summed E-state index contributed by atoms with van der Waals surface area (Å²) in [6, 6.07) is 2.98. The summed E-state index contributed by atoms with van der Waals surface area (Å²) in [7, 11) is 0. The number of aliphatic hydroxyl groups excluding tert-OH is 1. The van der Waals surface area contributed by atoms with Crippen molar-refractivity contribution in [2.75, 3.05) is 13.2 Å². The van der Waals surface area contributed by atoms with E-state index >= 15 is 0 Å². The minimum atomic E-state index is -0.481. The molecule has 1 aromatic rings. The fourth-order valence-electron chi connectivity index (χ4n) is 2.05. The molecule has 5 nitrogen and oxygen atoms in total. The van der Waals surface area contributed by atoms with Crippen molar-refractivity contribution >= 4 is 5.91 Å². The summed E-state index contributed by atoms with van der Waals surface area (Å²) in [5, 5.41) is 12.0. The Morgan fingerprint density at radius 2 is 2.53 bits per heavy atom. The van der Waals surface area contributed by atoms with E-state index in [-0.39, 0.29) is 24.5 Å². The van der Waals surface area contributed by atoms with Gasteiger partial charge in [0.15, 0.2) is 0 Å². The summed E-state index contributed by atoms with van der Waals surface area (Å²) in [5.74, 6) is 0.330. The smallest absolute Gasteiger partial charge is 0.226 e. The number of carbonyl (C=O) groups is 1. The standard InChI is InChI=1S/C12H17NO4/c1-8-9(4-6-16-8)12(15)13-10(7-14)11-3-2-5-17-11/h2-3,5,8-10,14H,4,6-7H2,1H3,(H,13,15). The highest BCUT2D eigenvalue weighted by Gasteiger charge is 2.32. The molecule has 0 aromatic carbocycles. The zero-order valence-electron chi connectivity index (χ0n) is 9.76. The molecule has 1 fully saturated rings. The summed E-state index contributed by atoms with van der Waals surface area (Å²) in [6.07, 6.45) is 2.18. The monoisotopic (exact) mass is 239 g/mol. The van der Waals surface area contributed by atoms with Gasteiger partial charge in [-0.25, -0.2) is 0 Å². The molecule has 1 amide bonds. The quantitative estimate of drug-likeness (QED) is 0.817. The first-order chi connectivity index (χ1) is 8.22. The molecular weight excluding hydrogens is 222 g/mol. The molecule has 3 unspecified atom stereocenters. The molecule has 2 N–H and O–H groups in total. The second-order valence-electron chi connectivity index (χ2n) is 4.23. The average Bonchev–Trinajstić information content (AvgIpc) is 2.96. The molecule has 0 spiro atoms. The van der Waals surface area contributed by atoms with Crippen molar-refractivity contribution in [1.82, 2.24) is 5.32 Å². The number of rotatable bonds is 4. The van der Waals surface area contributed by atoms with E-state index in [2.05, 4.69) is 5.32 Å². The SMILES string of the molecule is CC1OCCC1C(=O)NC(CO)c1ccco1. The van der Waals surface area contributed by atoms with Crippen molar-refractivity contribution in [1.29, 1.82) is 0 Å². The van der Waals surface area contributed by atoms with Crippen molar-refractivity contribution in [3.05, 3.63) is 24.2 Å². The van der Waals surface area contributed by atoms with Crippen molar-refractivity contribution in [2.24, 2.45) is 5.92 Å². The van der Waals surface area contributed by atoms with Gasteiger partial charge in [0.25, 0.3) is 0 Å². The third-order valence-corrected chi connectivity index (χ3v) is 3.10. The lowest BCUT2D eigenvalue weighted by atomic mass is 10.0. The first kappa shape index (κ1) is 12.1. The third kappa shape index (κ3) is 2.68. The zero-order chi connectivity index (χ0) is 12.3. The first-order valence-electron chi connectivity index (χ1n) is 5.78. The van der Waals surface area contributed by atoms with Crippen molar-refractivity contribution in [2.45, 2.75) is 25.5 Å². The van der Waals surface area contributed by atoms with Crippen LogP contribution in [0.15, 0.2) is 22.8 Å². The molecule has 1 aliphatic heterocycles. The summed E-state index contributed by atoms with van der Waals surface area (Å²) in [6.45, 7) is 2.32. The van der Waals surface area contributed by atoms with Crippen LogP contribution in [-0.2, 0) is 9.53 Å². The maximum atomic E-state index is 12.0. The van der Waals surface area contributed by atoms with Gasteiger partial charge in [-0.15, -0.1) is 0 Å². The van der Waals surface area contributed by atoms with Crippen LogP contribution in [-0.4, -0.2) is 30.3 Å². The molecule has 2 heterocycles. The molecule has 0 radical (unpaired) electrons. The van der Waals surface area contributed by atoms with Crippen molar-refractivity contribution in [3.8, 4) is 0 Å². The van der Waals surface area contributed by atoms with E-state index < -0.39 is 6.04 Å². The highest BCUT2D eigenvalue weighted by molar-refractivity contribution is 5.79. The molecule has 0 aliphatic carbocycles. The second-order valence-corrected chi connectivity index (χ2v) is 4.23. The van der Waals surface area contributed by atoms with Gasteiger partial charge in [-0.1, -0.05) is 0 Å². The number of amides is 1. The van der Waals surface area contributed by atoms with Crippen LogP contribution >= 0.6 is 0 Å². The van der Waals surface area contributed by atoms with Gasteiger partial charge in [0, 0.05) is 6.61 Å². The number of hydrogen-bond acceptors (Lipinski definition) is 4. The fourth-order valence-corrected chi connectivity index (χ4v) is 2.05. The lowest BCUT2D eigenvalue weighted by molar-refractivity contribution is -0.127. The van der Waals surface area contributed by atoms with Crippen LogP contribution in [0.4, 0.5) is 0 Å². The number of aliphatic hydroxyl groups is 1. The summed E-state index contributed by atoms with van der Waals surface area (Å²) in [5.41, 5.74) is 0. The van der Waals surface area contributed by atoms with E-state index in [1.807, 2.05) is 6.92 Å². The van der Waals surface area contributed by atoms with Crippen molar-refractivity contribution in [3.63, 3.8) is 0 Å². The van der Waals surface area contributed by atoms with Gasteiger partial charge < -0.3 is 19.6 Å². The minimum absolute atomic E-state index is 0.0639. The molecule has 94 valence electrons. The van der Waals surface area contributed by atoms with Crippen LogP contribution in [0.3, 0.4) is 0 Å². The number of furan rings is 1. The highest BCUT2D eigenvalue weighted by atomic mass is 16.5. The number of nitrogens with one attached hydrogen (secondary N) is 1. The average molecular weight is 239 g/mol. The Kier molecular flexibility index (Phi) is 3.81. The molecule has 3 atom stereocenters. The van der Waals surface area contributed by atoms with Gasteiger partial charge >= 0.3 is 0 Å². The topological polar surface area (TPSA) is 71.7 Å². The molecule has 17 heavy (non-hydrogen) atoms. The molecule has 5 heteroatoms. The van der Waals surface area contributed by atoms with Gasteiger partial charge in [-0.05, 0) is 25.5 Å². The van der Waals surface area contributed by atoms with Crippen LogP contribution < -0.4 is 5.32 Å². The fraction of sp³-hybridized carbons (Fsp3) is 0.583. The van der Waals surface area contributed by atoms with Gasteiger partial charge in [0.05, 0.1) is 24.9 Å². The van der Waals surface area contributed by atoms with Crippen LogP contribution in [0.5, 0.6) is 0 Å². The Labute approximate surface area is 99.8 Å². The number of ether oxygens (including phenoxy) is 1. The van der Waals surface area contributed by atoms with Crippen LogP contribution in [0.1, 0.15) is 25.1 Å². The van der Waals surface area contributed by atoms with E-state index in [0.717, 1.165) is 6.42 Å². The van der Waals surface area contributed by atoms with Gasteiger partial charge in [-0.3, -0.25) is 4.79 Å². The van der Waals surface area contributed by atoms with Crippen LogP contribution in [0, 0.1) is 5.92 Å². The van der Waals surface area contributed by atoms with E-state index in [1.54, 1.807) is 12.1 Å². The Bertz CT molecular complexity index is 363. The van der Waals surface area contributed by atoms with Crippen LogP contribution in [0.25, 0.3) is 0 Å². The van der Waals surface area contributed by atoms with E-state index in [1.165, 1.54) is 6.26 Å². The lowest BCUT2D eigenvalue weighted by Gasteiger charge is -2.18. The van der Waals surface area contributed by atoms with E-state index in [4.69, 9.17) is 9.15 Å². The Balaban J connectivity index is 1.97. The molecule has 0 bridgehead atoms. The molecular formula is C12H17NO4. The Morgan fingerprint density at radius 3 is 3.06 bits per heavy atom. The number of carbonyl (C=O) groups excluding carboxylic acids is 1. The Hall–Kier alpha value is -1.33. The minimum Gasteiger partial charge on any atom is -0.467 e. The lowest BCUT2D eigenvalue weighted by Crippen LogP contribution is -2.37. The molecule has 0 saturated carbocycles. The summed E-state index contributed by atoms with van der Waals surface area (Å²) >= 11 is 0. The highest BCUT2D eigenvalue weighted by Crippen LogP contribution is 2.22. The first-order valence-corrected chi connectivity index (χ1v) is 5.78. The Morgan fingerprint density at radius 1 is 1.71 bits per heavy atom. The predicted octanol–water partition coefficient (Wildman–Crippen LogP) is 0.854. The van der Waals surface area contributed by atoms with E-state index in [9.17, 15) is 9.90 Å². The van der Waals surface area contributed by atoms with Crippen LogP contribution in [0.2, 0.25) is 0 Å². The van der Waals surface area contributed by atoms with E-state index in [0.29, 0.717) is 12.4 Å². The predicted molar refractivity (Wildman–Crippen MR) is 60.2 cm³/mol. The maximum absolute atomic E-state index is 12.0. The van der Waals surface area contributed by atoms with Crippen molar-refractivity contribution < 1.29 is 19.1 Å². The molecule has 2 rings (SSSR count). The number of hydrogen-bond donors (Lipinski definition) is 2. The largest absolute Gasteiger partial charge is 0.467 e. The summed E-state index contributed by atoms with van der Waals surface area (Å²) in [4.78, 5) is 12.0. The van der Waals surface area contributed by atoms with Gasteiger partial charge in [-0.2, -0.15) is 0 Å². The zero-order valence-corrected chi connectivity index (χ0v) is 9.76. The molecule has 1 aromatic heterocycles. The summed E-state index contributed by atoms with van der Waals surface area (Å²) < 4.78 is 10.5. The maximum Gasteiger partial charge on any atom is 0.226 e. The van der Waals surface area contributed by atoms with Gasteiger partial charge in [0.1, 0.15) is 11.8 Å². The van der Waals surface area contributed by atoms with Gasteiger partial charge in [0.2, 0.25) is 5.91 Å². The molecule has 1 saturated heterocycles.